The highest BCUT2D eigenvalue weighted by Crippen LogP contribution is 2.64. The second-order valence-electron chi connectivity index (χ2n) is 7.84. The predicted molar refractivity (Wildman–Crippen MR) is 119 cm³/mol. The number of ether oxygens (including phenoxy) is 2. The van der Waals surface area contributed by atoms with E-state index in [4.69, 9.17) is 9.47 Å². The van der Waals surface area contributed by atoms with Crippen molar-refractivity contribution in [1.82, 2.24) is 0 Å². The molecule has 4 nitrogen and oxygen atoms in total. The van der Waals surface area contributed by atoms with Crippen LogP contribution in [0.1, 0.15) is 5.56 Å². The third-order valence-corrected chi connectivity index (χ3v) is 9.30. The number of hydrogen-bond donors (Lipinski definition) is 0. The highest BCUT2D eigenvalue weighted by Gasteiger charge is 2.52. The van der Waals surface area contributed by atoms with Crippen LogP contribution in [0.2, 0.25) is 0 Å². The Hall–Kier alpha value is -3.49. The van der Waals surface area contributed by atoms with Crippen molar-refractivity contribution in [2.45, 2.75) is 6.92 Å². The Morgan fingerprint density at radius 3 is 1.63 bits per heavy atom. The number of rotatable bonds is 1. The zero-order valence-electron chi connectivity index (χ0n) is 16.1. The van der Waals surface area contributed by atoms with Gasteiger partial charge in [0.25, 0.3) is 0 Å². The molecule has 0 bridgehead atoms. The van der Waals surface area contributed by atoms with E-state index in [9.17, 15) is 0 Å². The van der Waals surface area contributed by atoms with Gasteiger partial charge >= 0.3 is 0 Å². The van der Waals surface area contributed by atoms with Gasteiger partial charge in [0.1, 0.15) is 28.3 Å². The monoisotopic (exact) mass is 409 g/mol. The van der Waals surface area contributed by atoms with Crippen molar-refractivity contribution in [3.63, 3.8) is 0 Å². The van der Waals surface area contributed by atoms with E-state index in [0.29, 0.717) is 28.3 Å². The first kappa shape index (κ1) is 16.3. The molecule has 0 spiro atoms. The summed E-state index contributed by atoms with van der Waals surface area (Å²) in [5, 5.41) is 2.19. The Bertz CT molecular complexity index is 1360. The van der Waals surface area contributed by atoms with Gasteiger partial charge in [0, 0.05) is 5.69 Å². The van der Waals surface area contributed by atoms with Gasteiger partial charge in [0.2, 0.25) is 0 Å². The average molecular weight is 409 g/mol. The fourth-order valence-corrected chi connectivity index (χ4v) is 8.22. The Kier molecular flexibility index (Phi) is 2.91. The van der Waals surface area contributed by atoms with E-state index in [-0.39, 0.29) is 0 Å². The minimum Gasteiger partial charge on any atom is -0.456 e. The average Bonchev–Trinajstić information content (AvgIpc) is 2.75. The lowest BCUT2D eigenvalue weighted by atomic mass is 10.1. The second kappa shape index (κ2) is 5.35. The summed E-state index contributed by atoms with van der Waals surface area (Å²) in [6.45, 7) is 2.07. The van der Waals surface area contributed by atoms with Crippen LogP contribution in [0.15, 0.2) is 78.9 Å². The molecule has 0 radical (unpaired) electrons. The van der Waals surface area contributed by atoms with Crippen LogP contribution in [0.5, 0.6) is 23.0 Å². The molecule has 3 heterocycles. The van der Waals surface area contributed by atoms with Crippen molar-refractivity contribution in [2.75, 3.05) is 4.90 Å². The van der Waals surface area contributed by atoms with Crippen LogP contribution < -0.4 is 30.3 Å². The van der Waals surface area contributed by atoms with Crippen molar-refractivity contribution in [3.8, 4) is 23.0 Å². The standard InChI is InChI=1S/C25H16NO3P/c1-15-11-13-16(14-12-15)26-17-5-2-7-19-23(17)30(27)24-18(26)6-3-8-20(24)29-22-10-4-9-21(28-19)25(22)30/h2-14H,1H3. The number of hydrogen-bond acceptors (Lipinski definition) is 4. The topological polar surface area (TPSA) is 38.8 Å². The minimum absolute atomic E-state index is 0.615. The van der Waals surface area contributed by atoms with Gasteiger partial charge in [-0.1, -0.05) is 35.9 Å². The van der Waals surface area contributed by atoms with E-state index >= 15 is 4.57 Å². The fourth-order valence-electron chi connectivity index (χ4n) is 4.83. The Morgan fingerprint density at radius 1 is 0.633 bits per heavy atom. The summed E-state index contributed by atoms with van der Waals surface area (Å²) in [6.07, 6.45) is 0. The molecule has 0 amide bonds. The molecular formula is C25H16NO3P. The molecule has 144 valence electrons. The van der Waals surface area contributed by atoms with Crippen LogP contribution in [-0.2, 0) is 4.57 Å². The van der Waals surface area contributed by atoms with Crippen molar-refractivity contribution >= 4 is 40.1 Å². The van der Waals surface area contributed by atoms with Gasteiger partial charge in [-0.2, -0.15) is 0 Å². The normalized spacial score (nSPS) is 15.7. The van der Waals surface area contributed by atoms with Crippen LogP contribution in [0, 0.1) is 6.92 Å². The third-order valence-electron chi connectivity index (χ3n) is 6.08. The van der Waals surface area contributed by atoms with Crippen LogP contribution >= 0.6 is 7.14 Å². The number of aryl methyl sites for hydroxylation is 1. The van der Waals surface area contributed by atoms with Gasteiger partial charge in [0.05, 0.1) is 22.0 Å². The molecule has 5 heteroatoms. The van der Waals surface area contributed by atoms with Crippen LogP contribution in [0.4, 0.5) is 17.1 Å². The molecule has 0 aliphatic carbocycles. The first-order chi connectivity index (χ1) is 14.7. The lowest BCUT2D eigenvalue weighted by Crippen LogP contribution is -2.42. The molecule has 0 saturated heterocycles. The van der Waals surface area contributed by atoms with Crippen LogP contribution in [0.25, 0.3) is 0 Å². The molecule has 4 aromatic carbocycles. The quantitative estimate of drug-likeness (QED) is 0.330. The van der Waals surface area contributed by atoms with Crippen molar-refractivity contribution < 1.29 is 14.0 Å². The highest BCUT2D eigenvalue weighted by atomic mass is 31.2. The van der Waals surface area contributed by atoms with Gasteiger partial charge in [-0.15, -0.1) is 0 Å². The molecule has 30 heavy (non-hydrogen) atoms. The van der Waals surface area contributed by atoms with E-state index in [1.54, 1.807) is 0 Å². The van der Waals surface area contributed by atoms with Gasteiger partial charge in [0.15, 0.2) is 7.14 Å². The van der Waals surface area contributed by atoms with Gasteiger partial charge in [-0.25, -0.2) is 0 Å². The van der Waals surface area contributed by atoms with E-state index in [0.717, 1.165) is 27.7 Å². The summed E-state index contributed by atoms with van der Waals surface area (Å²) in [7, 11) is -3.14. The van der Waals surface area contributed by atoms with Gasteiger partial charge in [-0.3, -0.25) is 0 Å². The van der Waals surface area contributed by atoms with E-state index in [1.807, 2.05) is 54.6 Å². The van der Waals surface area contributed by atoms with E-state index in [1.165, 1.54) is 5.56 Å². The smallest absolute Gasteiger partial charge is 0.189 e. The Balaban J connectivity index is 1.65. The summed E-state index contributed by atoms with van der Waals surface area (Å²) >= 11 is 0. The minimum atomic E-state index is -3.14. The Labute approximate surface area is 173 Å². The molecule has 3 aliphatic rings. The van der Waals surface area contributed by atoms with Crippen molar-refractivity contribution in [3.05, 3.63) is 84.4 Å². The SMILES string of the molecule is Cc1ccc(N2c3cccc4c3P3(=O)c5c(cccc5Oc5cccc2c53)O4)cc1. The molecule has 3 aliphatic heterocycles. The predicted octanol–water partition coefficient (Wildman–Crippen LogP) is 5.63. The van der Waals surface area contributed by atoms with E-state index < -0.39 is 7.14 Å². The first-order valence-electron chi connectivity index (χ1n) is 9.89. The molecule has 0 aromatic heterocycles. The largest absolute Gasteiger partial charge is 0.456 e. The summed E-state index contributed by atoms with van der Waals surface area (Å²) in [6, 6.07) is 25.8. The maximum absolute atomic E-state index is 15.0. The van der Waals surface area contributed by atoms with Crippen molar-refractivity contribution in [2.24, 2.45) is 0 Å². The molecular weight excluding hydrogens is 393 g/mol. The lowest BCUT2D eigenvalue weighted by molar-refractivity contribution is 0.461. The third kappa shape index (κ3) is 1.81. The van der Waals surface area contributed by atoms with Crippen LogP contribution in [0.3, 0.4) is 0 Å². The molecule has 0 unspecified atom stereocenters. The van der Waals surface area contributed by atoms with E-state index in [2.05, 4.69) is 36.1 Å². The molecule has 7 rings (SSSR count). The van der Waals surface area contributed by atoms with Crippen molar-refractivity contribution in [1.29, 1.82) is 0 Å². The Morgan fingerprint density at radius 2 is 1.10 bits per heavy atom. The summed E-state index contributed by atoms with van der Waals surface area (Å²) in [4.78, 5) is 2.17. The maximum Gasteiger partial charge on any atom is 0.189 e. The number of benzene rings is 4. The van der Waals surface area contributed by atoms with Gasteiger partial charge in [-0.05, 0) is 55.5 Å². The number of nitrogens with zero attached hydrogens (tertiary/aromatic N) is 1. The zero-order chi connectivity index (χ0) is 20.0. The lowest BCUT2D eigenvalue weighted by Gasteiger charge is -2.43. The number of anilines is 3. The molecule has 0 N–H and O–H groups in total. The van der Waals surface area contributed by atoms with Gasteiger partial charge < -0.3 is 18.9 Å². The maximum atomic E-state index is 15.0. The summed E-state index contributed by atoms with van der Waals surface area (Å²) < 4.78 is 27.5. The fraction of sp³-hybridized carbons (Fsp3) is 0.0400. The second-order valence-corrected chi connectivity index (χ2v) is 10.4. The molecule has 0 fully saturated rings. The first-order valence-corrected chi connectivity index (χ1v) is 11.6. The summed E-state index contributed by atoms with van der Waals surface area (Å²) in [5.41, 5.74) is 3.99. The summed E-state index contributed by atoms with van der Waals surface area (Å²) in [5.74, 6) is 2.54. The molecule has 4 aromatic rings. The van der Waals surface area contributed by atoms with Crippen LogP contribution in [-0.4, -0.2) is 0 Å². The highest BCUT2D eigenvalue weighted by molar-refractivity contribution is 7.87. The molecule has 0 saturated carbocycles. The molecule has 0 atom stereocenters. The zero-order valence-corrected chi connectivity index (χ0v) is 17.0.